The Labute approximate surface area is 107 Å². The third-order valence-electron chi connectivity index (χ3n) is 2.71. The van der Waals surface area contributed by atoms with Gasteiger partial charge in [-0.05, 0) is 19.9 Å². The highest BCUT2D eigenvalue weighted by Crippen LogP contribution is 2.02. The van der Waals surface area contributed by atoms with Crippen LogP contribution in [-0.2, 0) is 11.3 Å². The molecule has 0 aromatic carbocycles. The van der Waals surface area contributed by atoms with Gasteiger partial charge in [-0.3, -0.25) is 4.79 Å². The minimum absolute atomic E-state index is 0.0717. The molecule has 5 heteroatoms. The van der Waals surface area contributed by atoms with Crippen molar-refractivity contribution in [2.45, 2.75) is 20.4 Å². The normalized spacial score (nSPS) is 9.83. The van der Waals surface area contributed by atoms with Gasteiger partial charge in [0.2, 0.25) is 5.91 Å². The highest BCUT2D eigenvalue weighted by molar-refractivity contribution is 5.78. The Morgan fingerprint density at radius 3 is 2.83 bits per heavy atom. The summed E-state index contributed by atoms with van der Waals surface area (Å²) in [6.07, 6.45) is 1.59. The van der Waals surface area contributed by atoms with Gasteiger partial charge < -0.3 is 10.2 Å². The fourth-order valence-corrected chi connectivity index (χ4v) is 1.67. The van der Waals surface area contributed by atoms with Crippen LogP contribution in [0.1, 0.15) is 25.1 Å². The number of nitrogens with one attached hydrogen (secondary N) is 1. The summed E-state index contributed by atoms with van der Waals surface area (Å²) in [5, 5.41) is 11.9. The molecule has 5 nitrogen and oxygen atoms in total. The second-order valence-electron chi connectivity index (χ2n) is 3.79. The molecule has 1 aromatic heterocycles. The molecule has 18 heavy (non-hydrogen) atoms. The van der Waals surface area contributed by atoms with Crippen molar-refractivity contribution in [3.05, 3.63) is 29.6 Å². The predicted molar refractivity (Wildman–Crippen MR) is 68.6 cm³/mol. The van der Waals surface area contributed by atoms with E-state index in [9.17, 15) is 4.79 Å². The number of carbonyl (C=O) groups is 1. The Balaban J connectivity index is 2.47. The summed E-state index contributed by atoms with van der Waals surface area (Å²) in [7, 11) is 0. The van der Waals surface area contributed by atoms with Gasteiger partial charge in [0.15, 0.2) is 0 Å². The predicted octanol–water partition coefficient (Wildman–Crippen LogP) is 0.911. The highest BCUT2D eigenvalue weighted by atomic mass is 16.2. The summed E-state index contributed by atoms with van der Waals surface area (Å²) in [5.74, 6) is 0.0717. The minimum Gasteiger partial charge on any atom is -0.342 e. The van der Waals surface area contributed by atoms with Gasteiger partial charge in [0.05, 0.1) is 6.54 Å². The first-order valence-electron chi connectivity index (χ1n) is 6.05. The Hall–Kier alpha value is -1.93. The van der Waals surface area contributed by atoms with Crippen LogP contribution in [0.4, 0.5) is 0 Å². The molecular weight excluding hydrogens is 228 g/mol. The summed E-state index contributed by atoms with van der Waals surface area (Å²) >= 11 is 0. The van der Waals surface area contributed by atoms with Crippen molar-refractivity contribution < 1.29 is 4.79 Å². The topological polar surface area (TPSA) is 69.0 Å². The van der Waals surface area contributed by atoms with Crippen LogP contribution in [-0.4, -0.2) is 35.4 Å². The molecule has 1 N–H and O–H groups in total. The maximum absolute atomic E-state index is 11.7. The van der Waals surface area contributed by atoms with Crippen LogP contribution in [0, 0.1) is 11.3 Å². The molecule has 1 rings (SSSR count). The number of hydrogen-bond acceptors (Lipinski definition) is 4. The van der Waals surface area contributed by atoms with Crippen LogP contribution in [0.25, 0.3) is 0 Å². The molecule has 0 saturated carbocycles. The molecule has 0 radical (unpaired) electrons. The molecule has 1 aromatic rings. The van der Waals surface area contributed by atoms with E-state index in [1.54, 1.807) is 17.2 Å². The molecule has 0 unspecified atom stereocenters. The number of aromatic nitrogens is 1. The van der Waals surface area contributed by atoms with Crippen molar-refractivity contribution in [2.75, 3.05) is 19.6 Å². The van der Waals surface area contributed by atoms with E-state index in [-0.39, 0.29) is 12.5 Å². The van der Waals surface area contributed by atoms with Crippen LogP contribution in [0.5, 0.6) is 0 Å². The summed E-state index contributed by atoms with van der Waals surface area (Å²) in [5.41, 5.74) is 1.22. The second kappa shape index (κ2) is 7.41. The quantitative estimate of drug-likeness (QED) is 0.810. The Morgan fingerprint density at radius 1 is 1.50 bits per heavy atom. The molecular formula is C13H18N4O. The number of rotatable bonds is 6. The zero-order chi connectivity index (χ0) is 13.4. The smallest absolute Gasteiger partial charge is 0.236 e. The molecule has 0 atom stereocenters. The molecule has 0 aliphatic rings. The monoisotopic (exact) mass is 246 g/mol. The molecule has 0 spiro atoms. The van der Waals surface area contributed by atoms with E-state index in [0.29, 0.717) is 25.3 Å². The average molecular weight is 246 g/mol. The number of nitriles is 1. The van der Waals surface area contributed by atoms with Crippen molar-refractivity contribution in [1.29, 1.82) is 5.26 Å². The number of likely N-dealkylation sites (N-methyl/N-ethyl adjacent to an activating group) is 1. The maximum atomic E-state index is 11.7. The number of pyridine rings is 1. The van der Waals surface area contributed by atoms with E-state index < -0.39 is 0 Å². The lowest BCUT2D eigenvalue weighted by molar-refractivity contribution is -0.129. The molecule has 0 aliphatic heterocycles. The molecule has 1 heterocycles. The van der Waals surface area contributed by atoms with Gasteiger partial charge in [-0.15, -0.1) is 0 Å². The SMILES string of the molecule is CCN(CC)C(=O)CNCc1cccnc1C#N. The highest BCUT2D eigenvalue weighted by Gasteiger charge is 2.09. The molecule has 0 fully saturated rings. The van der Waals surface area contributed by atoms with Gasteiger partial charge in [0.1, 0.15) is 11.8 Å². The lowest BCUT2D eigenvalue weighted by Crippen LogP contribution is -2.37. The summed E-state index contributed by atoms with van der Waals surface area (Å²) in [6.45, 7) is 6.10. The van der Waals surface area contributed by atoms with Gasteiger partial charge in [0, 0.05) is 31.4 Å². The van der Waals surface area contributed by atoms with Crippen molar-refractivity contribution >= 4 is 5.91 Å². The largest absolute Gasteiger partial charge is 0.342 e. The molecule has 0 saturated heterocycles. The molecule has 0 aliphatic carbocycles. The molecule has 0 bridgehead atoms. The van der Waals surface area contributed by atoms with Gasteiger partial charge in [0.25, 0.3) is 0 Å². The first-order valence-corrected chi connectivity index (χ1v) is 6.05. The zero-order valence-corrected chi connectivity index (χ0v) is 10.8. The second-order valence-corrected chi connectivity index (χ2v) is 3.79. The Bertz CT molecular complexity index is 435. The van der Waals surface area contributed by atoms with Gasteiger partial charge in [-0.25, -0.2) is 4.98 Å². The molecule has 96 valence electrons. The van der Waals surface area contributed by atoms with E-state index in [0.717, 1.165) is 5.56 Å². The Morgan fingerprint density at radius 2 is 2.22 bits per heavy atom. The van der Waals surface area contributed by atoms with E-state index >= 15 is 0 Å². The van der Waals surface area contributed by atoms with Crippen LogP contribution in [0.15, 0.2) is 18.3 Å². The summed E-state index contributed by atoms with van der Waals surface area (Å²) < 4.78 is 0. The van der Waals surface area contributed by atoms with Crippen LogP contribution < -0.4 is 5.32 Å². The molecule has 1 amide bonds. The lowest BCUT2D eigenvalue weighted by atomic mass is 10.2. The third-order valence-corrected chi connectivity index (χ3v) is 2.71. The summed E-state index contributed by atoms with van der Waals surface area (Å²) in [4.78, 5) is 17.5. The summed E-state index contributed by atoms with van der Waals surface area (Å²) in [6, 6.07) is 5.65. The van der Waals surface area contributed by atoms with E-state index in [1.807, 2.05) is 26.0 Å². The first kappa shape index (κ1) is 14.1. The minimum atomic E-state index is 0.0717. The van der Waals surface area contributed by atoms with Crippen LogP contribution in [0.2, 0.25) is 0 Å². The van der Waals surface area contributed by atoms with Gasteiger partial charge in [-0.1, -0.05) is 6.07 Å². The van der Waals surface area contributed by atoms with Crippen molar-refractivity contribution in [1.82, 2.24) is 15.2 Å². The standard InChI is InChI=1S/C13H18N4O/c1-3-17(4-2)13(18)10-15-9-11-6-5-7-16-12(11)8-14/h5-7,15H,3-4,9-10H2,1-2H3. The van der Waals surface area contributed by atoms with Crippen LogP contribution in [0.3, 0.4) is 0 Å². The van der Waals surface area contributed by atoms with Gasteiger partial charge in [-0.2, -0.15) is 5.26 Å². The third kappa shape index (κ3) is 3.82. The van der Waals surface area contributed by atoms with Crippen LogP contribution >= 0.6 is 0 Å². The van der Waals surface area contributed by atoms with Crippen molar-refractivity contribution in [3.8, 4) is 6.07 Å². The maximum Gasteiger partial charge on any atom is 0.236 e. The fourth-order valence-electron chi connectivity index (χ4n) is 1.67. The number of hydrogen-bond donors (Lipinski definition) is 1. The first-order chi connectivity index (χ1) is 8.72. The van der Waals surface area contributed by atoms with Crippen molar-refractivity contribution in [3.63, 3.8) is 0 Å². The fraction of sp³-hybridized carbons (Fsp3) is 0.462. The van der Waals surface area contributed by atoms with E-state index in [1.165, 1.54) is 0 Å². The van der Waals surface area contributed by atoms with E-state index in [4.69, 9.17) is 5.26 Å². The van der Waals surface area contributed by atoms with E-state index in [2.05, 4.69) is 10.3 Å². The zero-order valence-electron chi connectivity index (χ0n) is 10.8. The van der Waals surface area contributed by atoms with Gasteiger partial charge >= 0.3 is 0 Å². The average Bonchev–Trinajstić information content (AvgIpc) is 2.40. The number of carbonyl (C=O) groups excluding carboxylic acids is 1. The lowest BCUT2D eigenvalue weighted by Gasteiger charge is -2.18. The number of nitrogens with zero attached hydrogens (tertiary/aromatic N) is 3. The Kier molecular flexibility index (Phi) is 5.81. The number of amides is 1. The van der Waals surface area contributed by atoms with Crippen molar-refractivity contribution in [2.24, 2.45) is 0 Å².